The highest BCUT2D eigenvalue weighted by Gasteiger charge is 2.27. The van der Waals surface area contributed by atoms with Crippen molar-refractivity contribution in [1.82, 2.24) is 5.16 Å². The van der Waals surface area contributed by atoms with Gasteiger partial charge in [-0.3, -0.25) is 4.79 Å². The molecule has 132 valence electrons. The van der Waals surface area contributed by atoms with E-state index >= 15 is 0 Å². The van der Waals surface area contributed by atoms with E-state index in [1.807, 2.05) is 38.1 Å². The second-order valence-electron chi connectivity index (χ2n) is 6.52. The van der Waals surface area contributed by atoms with Gasteiger partial charge in [0.05, 0.1) is 5.69 Å². The minimum atomic E-state index is -0.568. The molecule has 0 aliphatic carbocycles. The molecule has 2 heterocycles. The van der Waals surface area contributed by atoms with Gasteiger partial charge in [-0.05, 0) is 31.4 Å². The number of rotatable bonds is 4. The molecular weight excluding hydrogens is 320 g/mol. The van der Waals surface area contributed by atoms with E-state index in [1.165, 1.54) is 0 Å². The zero-order valence-electron chi connectivity index (χ0n) is 14.7. The SMILES string of the molecule is Cc1noc(C(C)C)c1C(=O)OCC(=O)N1CCCc2ccccc21. The Morgan fingerprint density at radius 1 is 1.32 bits per heavy atom. The first-order chi connectivity index (χ1) is 12.0. The van der Waals surface area contributed by atoms with Crippen molar-refractivity contribution >= 4 is 17.6 Å². The van der Waals surface area contributed by atoms with Gasteiger partial charge in [-0.25, -0.2) is 4.79 Å². The molecule has 0 radical (unpaired) electrons. The summed E-state index contributed by atoms with van der Waals surface area (Å²) >= 11 is 0. The third kappa shape index (κ3) is 3.43. The maximum Gasteiger partial charge on any atom is 0.344 e. The van der Waals surface area contributed by atoms with Crippen LogP contribution in [-0.2, 0) is 16.0 Å². The largest absolute Gasteiger partial charge is 0.452 e. The van der Waals surface area contributed by atoms with Crippen molar-refractivity contribution in [2.24, 2.45) is 0 Å². The summed E-state index contributed by atoms with van der Waals surface area (Å²) in [6.45, 7) is 5.85. The van der Waals surface area contributed by atoms with Crippen LogP contribution >= 0.6 is 0 Å². The summed E-state index contributed by atoms with van der Waals surface area (Å²) in [6, 6.07) is 7.83. The highest BCUT2D eigenvalue weighted by Crippen LogP contribution is 2.27. The van der Waals surface area contributed by atoms with E-state index in [0.29, 0.717) is 23.6 Å². The van der Waals surface area contributed by atoms with Crippen molar-refractivity contribution in [2.75, 3.05) is 18.1 Å². The molecule has 1 amide bonds. The third-order valence-electron chi connectivity index (χ3n) is 4.36. The topological polar surface area (TPSA) is 72.6 Å². The number of carbonyl (C=O) groups is 2. The number of esters is 1. The third-order valence-corrected chi connectivity index (χ3v) is 4.36. The summed E-state index contributed by atoms with van der Waals surface area (Å²) in [5.41, 5.74) is 2.84. The summed E-state index contributed by atoms with van der Waals surface area (Å²) in [4.78, 5) is 26.6. The van der Waals surface area contributed by atoms with Crippen LogP contribution in [0.15, 0.2) is 28.8 Å². The molecule has 0 spiro atoms. The number of benzene rings is 1. The van der Waals surface area contributed by atoms with Gasteiger partial charge in [-0.15, -0.1) is 0 Å². The number of aromatic nitrogens is 1. The molecule has 0 bridgehead atoms. The van der Waals surface area contributed by atoms with Crippen LogP contribution in [0.4, 0.5) is 5.69 Å². The summed E-state index contributed by atoms with van der Waals surface area (Å²) in [5.74, 6) is -0.298. The average molecular weight is 342 g/mol. The molecule has 1 aromatic carbocycles. The first kappa shape index (κ1) is 17.2. The summed E-state index contributed by atoms with van der Waals surface area (Å²) < 4.78 is 10.5. The highest BCUT2D eigenvalue weighted by molar-refractivity contribution is 5.98. The van der Waals surface area contributed by atoms with Crippen LogP contribution in [0.25, 0.3) is 0 Å². The fraction of sp³-hybridized carbons (Fsp3) is 0.421. The molecule has 25 heavy (non-hydrogen) atoms. The molecular formula is C19H22N2O4. The van der Waals surface area contributed by atoms with E-state index in [0.717, 1.165) is 24.1 Å². The van der Waals surface area contributed by atoms with Crippen LogP contribution in [0.3, 0.4) is 0 Å². The van der Waals surface area contributed by atoms with Gasteiger partial charge < -0.3 is 14.2 Å². The standard InChI is InChI=1S/C19H22N2O4/c1-12(2)18-17(13(3)20-25-18)19(23)24-11-16(22)21-10-6-8-14-7-4-5-9-15(14)21/h4-5,7,9,12H,6,8,10-11H2,1-3H3. The average Bonchev–Trinajstić information content (AvgIpc) is 3.00. The molecule has 2 aromatic rings. The Labute approximate surface area is 146 Å². The van der Waals surface area contributed by atoms with E-state index in [1.54, 1.807) is 11.8 Å². The maximum atomic E-state index is 12.5. The van der Waals surface area contributed by atoms with Gasteiger partial charge in [0.15, 0.2) is 12.4 Å². The number of anilines is 1. The predicted molar refractivity (Wildman–Crippen MR) is 92.7 cm³/mol. The second kappa shape index (κ2) is 7.09. The normalized spacial score (nSPS) is 13.7. The molecule has 0 saturated heterocycles. The number of hydrogen-bond acceptors (Lipinski definition) is 5. The molecule has 1 aliphatic rings. The Bertz CT molecular complexity index is 794. The van der Waals surface area contributed by atoms with Crippen molar-refractivity contribution in [2.45, 2.75) is 39.5 Å². The minimum absolute atomic E-state index is 0.00780. The molecule has 0 saturated carbocycles. The number of aryl methyl sites for hydroxylation is 2. The van der Waals surface area contributed by atoms with Crippen LogP contribution < -0.4 is 4.90 Å². The lowest BCUT2D eigenvalue weighted by molar-refractivity contribution is -0.121. The molecule has 6 heteroatoms. The van der Waals surface area contributed by atoms with Gasteiger partial charge in [-0.2, -0.15) is 0 Å². The molecule has 1 aromatic heterocycles. The molecule has 1 aliphatic heterocycles. The minimum Gasteiger partial charge on any atom is -0.452 e. The lowest BCUT2D eigenvalue weighted by atomic mass is 10.0. The Balaban J connectivity index is 1.70. The fourth-order valence-electron chi connectivity index (χ4n) is 3.10. The molecule has 0 unspecified atom stereocenters. The molecule has 0 fully saturated rings. The number of hydrogen-bond donors (Lipinski definition) is 0. The number of ether oxygens (including phenoxy) is 1. The van der Waals surface area contributed by atoms with E-state index < -0.39 is 5.97 Å². The fourth-order valence-corrected chi connectivity index (χ4v) is 3.10. The van der Waals surface area contributed by atoms with Crippen molar-refractivity contribution < 1.29 is 18.8 Å². The van der Waals surface area contributed by atoms with Gasteiger partial charge in [0.25, 0.3) is 5.91 Å². The predicted octanol–water partition coefficient (Wildman–Crippen LogP) is 3.24. The second-order valence-corrected chi connectivity index (χ2v) is 6.52. The smallest absolute Gasteiger partial charge is 0.344 e. The van der Waals surface area contributed by atoms with Crippen molar-refractivity contribution in [3.05, 3.63) is 46.8 Å². The summed E-state index contributed by atoms with van der Waals surface area (Å²) in [6.07, 6.45) is 1.86. The zero-order chi connectivity index (χ0) is 18.0. The first-order valence-corrected chi connectivity index (χ1v) is 8.50. The Morgan fingerprint density at radius 2 is 2.08 bits per heavy atom. The van der Waals surface area contributed by atoms with Gasteiger partial charge >= 0.3 is 5.97 Å². The quantitative estimate of drug-likeness (QED) is 0.798. The van der Waals surface area contributed by atoms with E-state index in [4.69, 9.17) is 9.26 Å². The Kier molecular flexibility index (Phi) is 4.88. The molecule has 0 N–H and O–H groups in total. The monoisotopic (exact) mass is 342 g/mol. The number of nitrogens with zero attached hydrogens (tertiary/aromatic N) is 2. The van der Waals surface area contributed by atoms with Gasteiger partial charge in [0.2, 0.25) is 0 Å². The Morgan fingerprint density at radius 3 is 2.84 bits per heavy atom. The molecule has 3 rings (SSSR count). The van der Waals surface area contributed by atoms with E-state index in [2.05, 4.69) is 5.16 Å². The number of para-hydroxylation sites is 1. The summed E-state index contributed by atoms with van der Waals surface area (Å²) in [7, 11) is 0. The van der Waals surface area contributed by atoms with Crippen LogP contribution in [0.5, 0.6) is 0 Å². The number of carbonyl (C=O) groups excluding carboxylic acids is 2. The Hall–Kier alpha value is -2.63. The lowest BCUT2D eigenvalue weighted by Crippen LogP contribution is -2.38. The van der Waals surface area contributed by atoms with Crippen molar-refractivity contribution in [3.63, 3.8) is 0 Å². The van der Waals surface area contributed by atoms with Gasteiger partial charge in [-0.1, -0.05) is 37.2 Å². The lowest BCUT2D eigenvalue weighted by Gasteiger charge is -2.29. The molecule has 0 atom stereocenters. The van der Waals surface area contributed by atoms with Crippen LogP contribution in [0.2, 0.25) is 0 Å². The zero-order valence-corrected chi connectivity index (χ0v) is 14.7. The van der Waals surface area contributed by atoms with E-state index in [9.17, 15) is 9.59 Å². The van der Waals surface area contributed by atoms with Gasteiger partial charge in [0, 0.05) is 18.2 Å². The highest BCUT2D eigenvalue weighted by atomic mass is 16.5. The number of fused-ring (bicyclic) bond motifs is 1. The van der Waals surface area contributed by atoms with Crippen molar-refractivity contribution in [1.29, 1.82) is 0 Å². The van der Waals surface area contributed by atoms with Crippen LogP contribution in [0, 0.1) is 6.92 Å². The number of amides is 1. The van der Waals surface area contributed by atoms with Crippen molar-refractivity contribution in [3.8, 4) is 0 Å². The molecule has 6 nitrogen and oxygen atoms in total. The maximum absolute atomic E-state index is 12.5. The van der Waals surface area contributed by atoms with Crippen LogP contribution in [-0.4, -0.2) is 30.2 Å². The van der Waals surface area contributed by atoms with Gasteiger partial charge in [0.1, 0.15) is 5.56 Å². The van der Waals surface area contributed by atoms with E-state index in [-0.39, 0.29) is 18.4 Å². The van der Waals surface area contributed by atoms with Crippen LogP contribution in [0.1, 0.15) is 53.6 Å². The first-order valence-electron chi connectivity index (χ1n) is 8.50. The summed E-state index contributed by atoms with van der Waals surface area (Å²) in [5, 5.41) is 3.83.